The van der Waals surface area contributed by atoms with Crippen LogP contribution in [-0.2, 0) is 20.3 Å². The third-order valence-electron chi connectivity index (χ3n) is 8.65. The van der Waals surface area contributed by atoms with Crippen LogP contribution in [0.15, 0.2) is 59.7 Å². The van der Waals surface area contributed by atoms with Gasteiger partial charge in [-0.05, 0) is 0 Å². The first-order valence-electron chi connectivity index (χ1n) is 13.9. The Morgan fingerprint density at radius 2 is 1.03 bits per heavy atom. The van der Waals surface area contributed by atoms with Crippen molar-refractivity contribution in [3.63, 3.8) is 0 Å². The molecule has 2 aliphatic carbocycles. The van der Waals surface area contributed by atoms with E-state index in [-0.39, 0.29) is 24.8 Å². The number of hydrogen-bond donors (Lipinski definition) is 0. The summed E-state index contributed by atoms with van der Waals surface area (Å²) in [5.41, 5.74) is 10.2. The van der Waals surface area contributed by atoms with E-state index in [1.807, 2.05) is 11.1 Å². The second-order valence-corrected chi connectivity index (χ2v) is 22.3. The van der Waals surface area contributed by atoms with Gasteiger partial charge in [0.2, 0.25) is 0 Å². The van der Waals surface area contributed by atoms with E-state index in [0.717, 1.165) is 7.25 Å². The van der Waals surface area contributed by atoms with E-state index in [2.05, 4.69) is 74.5 Å². The number of fused-ring (bicyclic) bond motifs is 2. The molecule has 0 spiro atoms. The average Bonchev–Trinajstić information content (AvgIpc) is 3.39. The van der Waals surface area contributed by atoms with Gasteiger partial charge >= 0.3 is 208 Å². The van der Waals surface area contributed by atoms with Crippen molar-refractivity contribution in [2.24, 2.45) is 0 Å². The van der Waals surface area contributed by atoms with E-state index in [4.69, 9.17) is 0 Å². The van der Waals surface area contributed by atoms with Crippen LogP contribution in [0, 0.1) is 0 Å². The van der Waals surface area contributed by atoms with Gasteiger partial charge in [0.1, 0.15) is 0 Å². The zero-order chi connectivity index (χ0) is 22.7. The van der Waals surface area contributed by atoms with Gasteiger partial charge in [-0.2, -0.15) is 0 Å². The fourth-order valence-electron chi connectivity index (χ4n) is 6.97. The van der Waals surface area contributed by atoms with Crippen LogP contribution in [0.5, 0.6) is 0 Å². The SMILES string of the molecule is CCCCCCC1=Cc2ccccc2[CH]1[Zr+2]1([CH]2C(CCCCCC)=Cc3ccccc32)[CH2][CH2]1.[Cl-].[Cl-]. The van der Waals surface area contributed by atoms with E-state index in [1.165, 1.54) is 64.2 Å². The molecular weight excluding hydrogens is 546 g/mol. The van der Waals surface area contributed by atoms with Gasteiger partial charge in [-0.15, -0.1) is 0 Å². The van der Waals surface area contributed by atoms with E-state index >= 15 is 0 Å². The molecule has 0 amide bonds. The molecule has 0 bridgehead atoms. The van der Waals surface area contributed by atoms with Crippen molar-refractivity contribution in [1.29, 1.82) is 0 Å². The summed E-state index contributed by atoms with van der Waals surface area (Å²) in [4.78, 5) is 0. The molecule has 35 heavy (non-hydrogen) atoms. The molecule has 3 heteroatoms. The second kappa shape index (κ2) is 13.3. The van der Waals surface area contributed by atoms with E-state index in [9.17, 15) is 0 Å². The van der Waals surface area contributed by atoms with Crippen molar-refractivity contribution in [3.8, 4) is 0 Å². The quantitative estimate of drug-likeness (QED) is 0.326. The van der Waals surface area contributed by atoms with Crippen LogP contribution in [0.4, 0.5) is 0 Å². The number of rotatable bonds is 12. The molecule has 0 radical (unpaired) electrons. The standard InChI is InChI=1S/2C15H19.C2H4.2ClH.Zr/c2*1-2-3-4-5-8-13-11-14-9-6-7-10-15(14)12-13;1-2;;;/h2*6-7,9-12H,2-5,8H2,1H3;1-2H2;2*1H;/q;;;;;+2/p-2. The average molecular weight is 589 g/mol. The van der Waals surface area contributed by atoms with Crippen LogP contribution < -0.4 is 24.8 Å². The van der Waals surface area contributed by atoms with Gasteiger partial charge in [-0.25, -0.2) is 0 Å². The van der Waals surface area contributed by atoms with Crippen LogP contribution in [0.3, 0.4) is 0 Å². The van der Waals surface area contributed by atoms with Crippen LogP contribution in [0.2, 0.25) is 8.26 Å². The largest absolute Gasteiger partial charge is 1.00 e. The molecule has 0 aromatic heterocycles. The maximum Gasteiger partial charge on any atom is -1.00 e. The number of benzene rings is 2. The van der Waals surface area contributed by atoms with Gasteiger partial charge in [0.15, 0.2) is 0 Å². The molecule has 0 saturated carbocycles. The minimum Gasteiger partial charge on any atom is -1.00 e. The Kier molecular flexibility index (Phi) is 11.0. The van der Waals surface area contributed by atoms with Gasteiger partial charge in [0, 0.05) is 0 Å². The van der Waals surface area contributed by atoms with Gasteiger partial charge in [-0.3, -0.25) is 0 Å². The summed E-state index contributed by atoms with van der Waals surface area (Å²) in [5, 5.41) is 0. The predicted molar refractivity (Wildman–Crippen MR) is 141 cm³/mol. The fraction of sp³-hybridized carbons (Fsp3) is 0.500. The molecule has 1 heterocycles. The van der Waals surface area contributed by atoms with Crippen molar-refractivity contribution in [2.75, 3.05) is 0 Å². The van der Waals surface area contributed by atoms with Crippen molar-refractivity contribution in [1.82, 2.24) is 0 Å². The summed E-state index contributed by atoms with van der Waals surface area (Å²) in [5.74, 6) is 0. The van der Waals surface area contributed by atoms with Crippen molar-refractivity contribution in [2.45, 2.75) is 93.6 Å². The zero-order valence-corrected chi connectivity index (χ0v) is 25.6. The maximum atomic E-state index is 2.63. The molecule has 2 aromatic carbocycles. The van der Waals surface area contributed by atoms with Gasteiger partial charge in [0.05, 0.1) is 0 Å². The van der Waals surface area contributed by atoms with Crippen LogP contribution in [-0.4, -0.2) is 0 Å². The number of halogens is 2. The summed E-state index contributed by atoms with van der Waals surface area (Å²) >= 11 is -2.45. The van der Waals surface area contributed by atoms with Crippen molar-refractivity contribution < 1.29 is 45.1 Å². The summed E-state index contributed by atoms with van der Waals surface area (Å²) in [6.45, 7) is 4.66. The molecule has 5 rings (SSSR count). The molecule has 0 nitrogen and oxygen atoms in total. The molecule has 2 atom stereocenters. The van der Waals surface area contributed by atoms with Gasteiger partial charge < -0.3 is 24.8 Å². The minimum atomic E-state index is -2.45. The Bertz CT molecular complexity index is 954. The van der Waals surface area contributed by atoms with Crippen molar-refractivity contribution >= 4 is 12.2 Å². The third kappa shape index (κ3) is 5.94. The number of unbranched alkanes of at least 4 members (excludes halogenated alkanes) is 6. The van der Waals surface area contributed by atoms with E-state index in [0.29, 0.717) is 0 Å². The Morgan fingerprint density at radius 1 is 0.600 bits per heavy atom. The van der Waals surface area contributed by atoms with Crippen LogP contribution in [0.25, 0.3) is 12.2 Å². The summed E-state index contributed by atoms with van der Waals surface area (Å²) in [7, 11) is 0. The molecule has 2 aromatic rings. The normalized spacial score (nSPS) is 19.8. The monoisotopic (exact) mass is 586 g/mol. The first-order valence-corrected chi connectivity index (χ1v) is 20.2. The van der Waals surface area contributed by atoms with E-state index < -0.39 is 20.3 Å². The molecule has 1 saturated heterocycles. The first kappa shape index (κ1) is 28.9. The molecule has 0 N–H and O–H groups in total. The Labute approximate surface area is 231 Å². The zero-order valence-electron chi connectivity index (χ0n) is 21.7. The third-order valence-corrected chi connectivity index (χ3v) is 21.7. The number of hydrogen-bond acceptors (Lipinski definition) is 0. The Morgan fingerprint density at radius 3 is 1.43 bits per heavy atom. The van der Waals surface area contributed by atoms with Gasteiger partial charge in [-0.1, -0.05) is 0 Å². The first-order chi connectivity index (χ1) is 16.3. The van der Waals surface area contributed by atoms with Crippen LogP contribution >= 0.6 is 0 Å². The van der Waals surface area contributed by atoms with Gasteiger partial charge in [0.25, 0.3) is 0 Å². The smallest absolute Gasteiger partial charge is 1.00 e. The number of allylic oxidation sites excluding steroid dienone is 2. The minimum absolute atomic E-state index is 0. The van der Waals surface area contributed by atoms with E-state index in [1.54, 1.807) is 30.5 Å². The molecule has 2 unspecified atom stereocenters. The van der Waals surface area contributed by atoms with Crippen LogP contribution in [0.1, 0.15) is 108 Å². The maximum absolute atomic E-state index is 2.63. The topological polar surface area (TPSA) is 0 Å². The summed E-state index contributed by atoms with van der Waals surface area (Å²) in [6.07, 6.45) is 18.9. The molecular formula is C32H42Cl2Zr. The predicted octanol–water partition coefficient (Wildman–Crippen LogP) is 4.22. The second-order valence-electron chi connectivity index (χ2n) is 10.9. The Balaban J connectivity index is 0.00000171. The summed E-state index contributed by atoms with van der Waals surface area (Å²) in [6, 6.07) is 18.9. The Hall–Kier alpha value is -0.617. The molecule has 1 fully saturated rings. The fourth-order valence-corrected chi connectivity index (χ4v) is 24.6. The summed E-state index contributed by atoms with van der Waals surface area (Å²) < 4.78 is 4.83. The molecule has 3 aliphatic rings. The van der Waals surface area contributed by atoms with Crippen molar-refractivity contribution in [3.05, 3.63) is 81.9 Å². The molecule has 188 valence electrons. The molecule has 1 aliphatic heterocycles.